The second-order valence-corrected chi connectivity index (χ2v) is 5.27. The fraction of sp³-hybridized carbons (Fsp3) is 0.692. The normalized spacial score (nSPS) is 12.8. The van der Waals surface area contributed by atoms with Crippen LogP contribution in [0.1, 0.15) is 44.0 Å². The van der Waals surface area contributed by atoms with Crippen LogP contribution in [-0.4, -0.2) is 40.7 Å². The molecule has 0 saturated carbocycles. The molecule has 1 aromatic heterocycles. The summed E-state index contributed by atoms with van der Waals surface area (Å²) in [4.78, 5) is 17.2. The lowest BCUT2D eigenvalue weighted by Crippen LogP contribution is -2.30. The maximum Gasteiger partial charge on any atom is 0.317 e. The van der Waals surface area contributed by atoms with Crippen molar-refractivity contribution in [2.24, 2.45) is 0 Å². The lowest BCUT2D eigenvalue weighted by atomic mass is 10.3. The minimum atomic E-state index is -0.799. The highest BCUT2D eigenvalue weighted by molar-refractivity contribution is 7.09. The number of carboxylic acid groups (broad SMARTS) is 1. The van der Waals surface area contributed by atoms with Gasteiger partial charge in [0.25, 0.3) is 0 Å². The van der Waals surface area contributed by atoms with Crippen LogP contribution >= 0.6 is 11.3 Å². The monoisotopic (exact) mass is 286 g/mol. The first-order valence-electron chi connectivity index (χ1n) is 6.56. The SMILES string of the molecule is CCCN(CC(=O)O)Cc1csc(C(C)OCC)n1. The number of carbonyl (C=O) groups is 1. The number of ether oxygens (including phenoxy) is 1. The van der Waals surface area contributed by atoms with Gasteiger partial charge in [-0.1, -0.05) is 6.92 Å². The molecule has 0 bridgehead atoms. The highest BCUT2D eigenvalue weighted by Gasteiger charge is 2.14. The number of aromatic nitrogens is 1. The van der Waals surface area contributed by atoms with Gasteiger partial charge in [-0.3, -0.25) is 9.69 Å². The zero-order valence-corrected chi connectivity index (χ0v) is 12.6. The fourth-order valence-corrected chi connectivity index (χ4v) is 2.67. The van der Waals surface area contributed by atoms with E-state index in [4.69, 9.17) is 9.84 Å². The first-order valence-corrected chi connectivity index (χ1v) is 7.44. The first kappa shape index (κ1) is 16.1. The predicted molar refractivity (Wildman–Crippen MR) is 75.4 cm³/mol. The van der Waals surface area contributed by atoms with Gasteiger partial charge in [0.1, 0.15) is 11.1 Å². The molecule has 0 aliphatic carbocycles. The van der Waals surface area contributed by atoms with Crippen molar-refractivity contribution in [1.82, 2.24) is 9.88 Å². The third kappa shape index (κ3) is 5.67. The highest BCUT2D eigenvalue weighted by Crippen LogP contribution is 2.21. The molecule has 108 valence electrons. The Hall–Kier alpha value is -0.980. The summed E-state index contributed by atoms with van der Waals surface area (Å²) in [5.74, 6) is -0.799. The Balaban J connectivity index is 2.61. The highest BCUT2D eigenvalue weighted by atomic mass is 32.1. The Bertz CT molecular complexity index is 395. The number of nitrogens with zero attached hydrogens (tertiary/aromatic N) is 2. The molecule has 0 aliphatic rings. The molecule has 0 saturated heterocycles. The quantitative estimate of drug-likeness (QED) is 0.756. The molecule has 0 radical (unpaired) electrons. The van der Waals surface area contributed by atoms with E-state index >= 15 is 0 Å². The minimum absolute atomic E-state index is 0.00264. The Labute approximate surface area is 118 Å². The number of hydrogen-bond acceptors (Lipinski definition) is 5. The fourth-order valence-electron chi connectivity index (χ4n) is 1.85. The zero-order chi connectivity index (χ0) is 14.3. The lowest BCUT2D eigenvalue weighted by molar-refractivity contribution is -0.138. The van der Waals surface area contributed by atoms with E-state index in [1.807, 2.05) is 31.1 Å². The van der Waals surface area contributed by atoms with E-state index in [1.165, 1.54) is 0 Å². The van der Waals surface area contributed by atoms with Gasteiger partial charge in [0.2, 0.25) is 0 Å². The molecule has 1 aromatic rings. The van der Waals surface area contributed by atoms with Crippen molar-refractivity contribution in [2.45, 2.75) is 39.8 Å². The summed E-state index contributed by atoms with van der Waals surface area (Å²) in [6.07, 6.45) is 0.933. The maximum absolute atomic E-state index is 10.8. The number of thiazole rings is 1. The van der Waals surface area contributed by atoms with E-state index in [0.717, 1.165) is 23.7 Å². The summed E-state index contributed by atoms with van der Waals surface area (Å²) in [7, 11) is 0. The molecule has 5 nitrogen and oxygen atoms in total. The summed E-state index contributed by atoms with van der Waals surface area (Å²) in [6.45, 7) is 8.04. The van der Waals surface area contributed by atoms with Crippen LogP contribution < -0.4 is 0 Å². The van der Waals surface area contributed by atoms with E-state index in [1.54, 1.807) is 11.3 Å². The number of hydrogen-bond donors (Lipinski definition) is 1. The van der Waals surface area contributed by atoms with Crippen molar-refractivity contribution < 1.29 is 14.6 Å². The summed E-state index contributed by atoms with van der Waals surface area (Å²) >= 11 is 1.57. The summed E-state index contributed by atoms with van der Waals surface area (Å²) in [6, 6.07) is 0. The van der Waals surface area contributed by atoms with Crippen molar-refractivity contribution in [1.29, 1.82) is 0 Å². The molecule has 6 heteroatoms. The Morgan fingerprint density at radius 3 is 2.89 bits per heavy atom. The van der Waals surface area contributed by atoms with Gasteiger partial charge in [-0.05, 0) is 26.8 Å². The molecule has 0 fully saturated rings. The standard InChI is InChI=1S/C13H22N2O3S/c1-4-6-15(8-12(16)17)7-11-9-19-13(14-11)10(3)18-5-2/h9-10H,4-8H2,1-3H3,(H,16,17). The average Bonchev–Trinajstić information content (AvgIpc) is 2.77. The molecule has 0 aromatic carbocycles. The molecule has 0 amide bonds. The van der Waals surface area contributed by atoms with E-state index in [-0.39, 0.29) is 12.6 Å². The van der Waals surface area contributed by atoms with Gasteiger partial charge in [-0.25, -0.2) is 4.98 Å². The van der Waals surface area contributed by atoms with Crippen LogP contribution in [0.15, 0.2) is 5.38 Å². The minimum Gasteiger partial charge on any atom is -0.480 e. The molecule has 1 rings (SSSR count). The largest absolute Gasteiger partial charge is 0.480 e. The molecular weight excluding hydrogens is 264 g/mol. The Morgan fingerprint density at radius 2 is 2.32 bits per heavy atom. The van der Waals surface area contributed by atoms with Crippen LogP contribution in [-0.2, 0) is 16.1 Å². The number of carboxylic acids is 1. The summed E-state index contributed by atoms with van der Waals surface area (Å²) < 4.78 is 5.50. The van der Waals surface area contributed by atoms with Gasteiger partial charge in [0, 0.05) is 18.5 Å². The third-order valence-electron chi connectivity index (χ3n) is 2.62. The van der Waals surface area contributed by atoms with E-state index < -0.39 is 5.97 Å². The molecule has 0 aliphatic heterocycles. The van der Waals surface area contributed by atoms with Crippen LogP contribution in [0.5, 0.6) is 0 Å². The topological polar surface area (TPSA) is 62.7 Å². The van der Waals surface area contributed by atoms with Gasteiger partial charge in [-0.2, -0.15) is 0 Å². The van der Waals surface area contributed by atoms with Crippen molar-refractivity contribution in [3.05, 3.63) is 16.1 Å². The Kier molecular flexibility index (Phi) is 6.97. The van der Waals surface area contributed by atoms with E-state index in [0.29, 0.717) is 13.2 Å². The van der Waals surface area contributed by atoms with Crippen LogP contribution in [0.25, 0.3) is 0 Å². The second kappa shape index (κ2) is 8.24. The smallest absolute Gasteiger partial charge is 0.317 e. The third-order valence-corrected chi connectivity index (χ3v) is 3.67. The van der Waals surface area contributed by atoms with Crippen molar-refractivity contribution in [3.8, 4) is 0 Å². The molecule has 1 atom stereocenters. The second-order valence-electron chi connectivity index (χ2n) is 4.38. The van der Waals surface area contributed by atoms with Gasteiger partial charge in [0.15, 0.2) is 0 Å². The van der Waals surface area contributed by atoms with Gasteiger partial charge in [0.05, 0.1) is 12.2 Å². The van der Waals surface area contributed by atoms with Gasteiger partial charge < -0.3 is 9.84 Å². The first-order chi connectivity index (χ1) is 9.06. The van der Waals surface area contributed by atoms with E-state index in [9.17, 15) is 4.79 Å². The van der Waals surface area contributed by atoms with Crippen LogP contribution in [0.2, 0.25) is 0 Å². The molecule has 0 spiro atoms. The lowest BCUT2D eigenvalue weighted by Gasteiger charge is -2.17. The number of rotatable bonds is 9. The van der Waals surface area contributed by atoms with E-state index in [2.05, 4.69) is 4.98 Å². The molecule has 1 heterocycles. The summed E-state index contributed by atoms with van der Waals surface area (Å²) in [5, 5.41) is 11.8. The molecule has 1 unspecified atom stereocenters. The molecule has 19 heavy (non-hydrogen) atoms. The predicted octanol–water partition coefficient (Wildman–Crippen LogP) is 2.54. The van der Waals surface area contributed by atoms with Crippen LogP contribution in [0.4, 0.5) is 0 Å². The Morgan fingerprint density at radius 1 is 1.58 bits per heavy atom. The molecular formula is C13H22N2O3S. The maximum atomic E-state index is 10.8. The van der Waals surface area contributed by atoms with Gasteiger partial charge >= 0.3 is 5.97 Å². The van der Waals surface area contributed by atoms with Crippen LogP contribution in [0, 0.1) is 0 Å². The van der Waals surface area contributed by atoms with Crippen molar-refractivity contribution >= 4 is 17.3 Å². The average molecular weight is 286 g/mol. The zero-order valence-electron chi connectivity index (χ0n) is 11.8. The molecule has 1 N–H and O–H groups in total. The van der Waals surface area contributed by atoms with Crippen LogP contribution in [0.3, 0.4) is 0 Å². The van der Waals surface area contributed by atoms with Crippen molar-refractivity contribution in [3.63, 3.8) is 0 Å². The van der Waals surface area contributed by atoms with Crippen molar-refractivity contribution in [2.75, 3.05) is 19.7 Å². The summed E-state index contributed by atoms with van der Waals surface area (Å²) in [5.41, 5.74) is 0.918. The number of aliphatic carboxylic acids is 1. The van der Waals surface area contributed by atoms with Gasteiger partial charge in [-0.15, -0.1) is 11.3 Å².